The number of halogens is 3. The molecule has 0 N–H and O–H groups in total. The lowest BCUT2D eigenvalue weighted by molar-refractivity contribution is 0.354. The van der Waals surface area contributed by atoms with Gasteiger partial charge in [-0.1, -0.05) is 59.9 Å². The summed E-state index contributed by atoms with van der Waals surface area (Å²) in [7, 11) is 3.27. The molecule has 106 valence electrons. The average molecular weight is 465 g/mol. The number of rotatable bonds is 4. The number of hydrogen-bond donors (Lipinski definition) is 0. The summed E-state index contributed by atoms with van der Waals surface area (Å²) in [5, 5.41) is 0. The van der Waals surface area contributed by atoms with Crippen LogP contribution in [0.15, 0.2) is 45.3 Å². The van der Waals surface area contributed by atoms with Crippen molar-refractivity contribution in [1.29, 1.82) is 0 Å². The molecule has 0 fully saturated rings. The van der Waals surface area contributed by atoms with E-state index in [9.17, 15) is 0 Å². The first-order valence-corrected chi connectivity index (χ1v) is 8.38. The molecule has 0 aliphatic carbocycles. The number of benzene rings is 2. The van der Waals surface area contributed by atoms with E-state index in [2.05, 4.69) is 53.9 Å². The molecule has 2 nitrogen and oxygen atoms in total. The molecule has 0 aliphatic heterocycles. The Balaban J connectivity index is 2.40. The van der Waals surface area contributed by atoms with E-state index in [1.807, 2.05) is 30.3 Å². The van der Waals surface area contributed by atoms with Gasteiger partial charge in [-0.25, -0.2) is 0 Å². The number of ether oxygens (including phenoxy) is 2. The lowest BCUT2D eigenvalue weighted by Gasteiger charge is -2.15. The summed E-state index contributed by atoms with van der Waals surface area (Å²) in [6.07, 6.45) is 0. The van der Waals surface area contributed by atoms with Crippen molar-refractivity contribution in [3.8, 4) is 11.5 Å². The van der Waals surface area contributed by atoms with Crippen molar-refractivity contribution in [1.82, 2.24) is 0 Å². The largest absolute Gasteiger partial charge is 0.493 e. The Labute approximate surface area is 143 Å². The minimum Gasteiger partial charge on any atom is -0.493 e. The zero-order valence-corrected chi connectivity index (χ0v) is 15.7. The van der Waals surface area contributed by atoms with Crippen LogP contribution in [0.1, 0.15) is 16.0 Å². The zero-order chi connectivity index (χ0) is 14.7. The minimum absolute atomic E-state index is 0.0739. The van der Waals surface area contributed by atoms with Crippen LogP contribution >= 0.6 is 47.8 Å². The highest BCUT2D eigenvalue weighted by Crippen LogP contribution is 2.39. The summed E-state index contributed by atoms with van der Waals surface area (Å²) in [6.45, 7) is 0. The van der Waals surface area contributed by atoms with Gasteiger partial charge in [-0.05, 0) is 35.4 Å². The van der Waals surface area contributed by atoms with Gasteiger partial charge in [0.2, 0.25) is 0 Å². The van der Waals surface area contributed by atoms with E-state index < -0.39 is 0 Å². The van der Waals surface area contributed by atoms with Gasteiger partial charge in [0.05, 0.1) is 19.0 Å². The van der Waals surface area contributed by atoms with Gasteiger partial charge >= 0.3 is 0 Å². The van der Waals surface area contributed by atoms with E-state index in [0.717, 1.165) is 31.6 Å². The monoisotopic (exact) mass is 462 g/mol. The Bertz CT molecular complexity index is 614. The number of hydrogen-bond acceptors (Lipinski definition) is 2. The quantitative estimate of drug-likeness (QED) is 0.539. The van der Waals surface area contributed by atoms with Crippen LogP contribution in [0.25, 0.3) is 0 Å². The van der Waals surface area contributed by atoms with Gasteiger partial charge < -0.3 is 9.47 Å². The molecule has 1 unspecified atom stereocenters. The Morgan fingerprint density at radius 2 is 1.60 bits per heavy atom. The fourth-order valence-electron chi connectivity index (χ4n) is 1.90. The maximum Gasteiger partial charge on any atom is 0.161 e. The van der Waals surface area contributed by atoms with E-state index in [-0.39, 0.29) is 4.83 Å². The Morgan fingerprint density at radius 1 is 0.900 bits per heavy atom. The molecule has 0 aliphatic rings. The first-order chi connectivity index (χ1) is 9.56. The third kappa shape index (κ3) is 3.38. The van der Waals surface area contributed by atoms with Gasteiger partial charge in [0.25, 0.3) is 0 Å². The molecule has 2 aromatic carbocycles. The fraction of sp³-hybridized carbons (Fsp3) is 0.200. The highest BCUT2D eigenvalue weighted by Gasteiger charge is 2.16. The SMILES string of the molecule is COc1ccc(C(Br)c2ccc(Br)cc2Br)cc1OC. The second-order valence-corrected chi connectivity index (χ2v) is 6.83. The summed E-state index contributed by atoms with van der Waals surface area (Å²) in [5.41, 5.74) is 2.26. The van der Waals surface area contributed by atoms with Crippen LogP contribution in [-0.4, -0.2) is 14.2 Å². The van der Waals surface area contributed by atoms with E-state index >= 15 is 0 Å². The van der Waals surface area contributed by atoms with Crippen molar-refractivity contribution < 1.29 is 9.47 Å². The molecule has 0 radical (unpaired) electrons. The van der Waals surface area contributed by atoms with Gasteiger partial charge in [-0.3, -0.25) is 0 Å². The maximum absolute atomic E-state index is 5.35. The van der Waals surface area contributed by atoms with Crippen molar-refractivity contribution in [3.05, 3.63) is 56.5 Å². The van der Waals surface area contributed by atoms with Crippen molar-refractivity contribution in [2.75, 3.05) is 14.2 Å². The lowest BCUT2D eigenvalue weighted by atomic mass is 10.0. The molecule has 1 atom stereocenters. The van der Waals surface area contributed by atoms with Crippen LogP contribution in [0.5, 0.6) is 11.5 Å². The third-order valence-electron chi connectivity index (χ3n) is 2.94. The Kier molecular flexibility index (Phi) is 5.52. The molecule has 0 spiro atoms. The predicted molar refractivity (Wildman–Crippen MR) is 92.2 cm³/mol. The molecule has 0 amide bonds. The van der Waals surface area contributed by atoms with Gasteiger partial charge in [-0.2, -0.15) is 0 Å². The van der Waals surface area contributed by atoms with Crippen molar-refractivity contribution in [2.45, 2.75) is 4.83 Å². The standard InChI is InChI=1S/C15H13Br3O2/c1-19-13-6-3-9(7-14(13)20-2)15(18)11-5-4-10(16)8-12(11)17/h3-8,15H,1-2H3. The Hall–Kier alpha value is -0.520. The second kappa shape index (κ2) is 6.96. The van der Waals surface area contributed by atoms with E-state index in [4.69, 9.17) is 9.47 Å². The summed E-state index contributed by atoms with van der Waals surface area (Å²) in [6, 6.07) is 12.0. The molecule has 2 aromatic rings. The topological polar surface area (TPSA) is 18.5 Å². The van der Waals surface area contributed by atoms with Crippen LogP contribution in [0.2, 0.25) is 0 Å². The molecule has 0 heterocycles. The van der Waals surface area contributed by atoms with Gasteiger partial charge in [0, 0.05) is 8.95 Å². The number of methoxy groups -OCH3 is 2. The molecule has 5 heteroatoms. The lowest BCUT2D eigenvalue weighted by Crippen LogP contribution is -1.97. The third-order valence-corrected chi connectivity index (χ3v) is 5.14. The molecule has 0 bridgehead atoms. The average Bonchev–Trinajstić information content (AvgIpc) is 2.45. The first kappa shape index (κ1) is 15.9. The second-order valence-electron chi connectivity index (χ2n) is 4.14. The smallest absolute Gasteiger partial charge is 0.161 e. The highest BCUT2D eigenvalue weighted by atomic mass is 79.9. The Morgan fingerprint density at radius 3 is 2.20 bits per heavy atom. The summed E-state index contributed by atoms with van der Waals surface area (Å²) < 4.78 is 12.7. The van der Waals surface area contributed by atoms with E-state index in [0.29, 0.717) is 0 Å². The minimum atomic E-state index is 0.0739. The van der Waals surface area contributed by atoms with E-state index in [1.54, 1.807) is 14.2 Å². The molecular formula is C15H13Br3O2. The van der Waals surface area contributed by atoms with Crippen molar-refractivity contribution in [2.24, 2.45) is 0 Å². The zero-order valence-electron chi connectivity index (χ0n) is 11.0. The van der Waals surface area contributed by atoms with Gasteiger partial charge in [0.15, 0.2) is 11.5 Å². The molecule has 0 saturated carbocycles. The van der Waals surface area contributed by atoms with Crippen LogP contribution in [0.4, 0.5) is 0 Å². The van der Waals surface area contributed by atoms with Crippen LogP contribution < -0.4 is 9.47 Å². The van der Waals surface area contributed by atoms with Crippen LogP contribution in [0.3, 0.4) is 0 Å². The highest BCUT2D eigenvalue weighted by molar-refractivity contribution is 9.11. The van der Waals surface area contributed by atoms with Crippen molar-refractivity contribution >= 4 is 47.8 Å². The molecule has 0 saturated heterocycles. The fourth-order valence-corrected chi connectivity index (χ4v) is 4.16. The van der Waals surface area contributed by atoms with Gasteiger partial charge in [-0.15, -0.1) is 0 Å². The normalized spacial score (nSPS) is 12.1. The van der Waals surface area contributed by atoms with Crippen LogP contribution in [-0.2, 0) is 0 Å². The predicted octanol–water partition coefficient (Wildman–Crippen LogP) is 5.71. The number of alkyl halides is 1. The van der Waals surface area contributed by atoms with Gasteiger partial charge in [0.1, 0.15) is 0 Å². The van der Waals surface area contributed by atoms with Crippen LogP contribution in [0, 0.1) is 0 Å². The molecule has 0 aromatic heterocycles. The first-order valence-electron chi connectivity index (χ1n) is 5.87. The molecule has 2 rings (SSSR count). The maximum atomic E-state index is 5.35. The summed E-state index contributed by atoms with van der Waals surface area (Å²) >= 11 is 10.8. The molecule has 20 heavy (non-hydrogen) atoms. The van der Waals surface area contributed by atoms with Crippen molar-refractivity contribution in [3.63, 3.8) is 0 Å². The van der Waals surface area contributed by atoms with E-state index in [1.165, 1.54) is 0 Å². The summed E-state index contributed by atoms with van der Waals surface area (Å²) in [5.74, 6) is 1.45. The molecular weight excluding hydrogens is 452 g/mol. The summed E-state index contributed by atoms with van der Waals surface area (Å²) in [4.78, 5) is 0.0739.